The highest BCUT2D eigenvalue weighted by molar-refractivity contribution is 6.39. The van der Waals surface area contributed by atoms with Gasteiger partial charge in [-0.25, -0.2) is 0 Å². The number of nitrogens with zero attached hydrogens (tertiary/aromatic N) is 2. The lowest BCUT2D eigenvalue weighted by atomic mass is 9.82. The van der Waals surface area contributed by atoms with Gasteiger partial charge in [-0.1, -0.05) is 182 Å². The second-order valence-electron chi connectivity index (χ2n) is 16.1. The molecular weight excluding hydrogens is 749 g/mol. The zero-order chi connectivity index (χ0) is 41.3. The Hall–Kier alpha value is -8.56. The summed E-state index contributed by atoms with van der Waals surface area (Å²) in [6.07, 6.45) is 0. The Balaban J connectivity index is 1.24. The van der Waals surface area contributed by atoms with Crippen molar-refractivity contribution in [1.29, 1.82) is 10.5 Å². The van der Waals surface area contributed by atoms with Gasteiger partial charge in [-0.15, -0.1) is 0 Å². The molecule has 0 unspecified atom stereocenters. The molecule has 0 aliphatic carbocycles. The second-order valence-corrected chi connectivity index (χ2v) is 16.1. The molecule has 12 aromatic carbocycles. The van der Waals surface area contributed by atoms with Crippen LogP contribution in [0.25, 0.3) is 120 Å². The summed E-state index contributed by atoms with van der Waals surface area (Å²) < 4.78 is 0. The summed E-state index contributed by atoms with van der Waals surface area (Å²) >= 11 is 0. The Morgan fingerprint density at radius 2 is 0.516 bits per heavy atom. The van der Waals surface area contributed by atoms with Crippen LogP contribution >= 0.6 is 0 Å². The normalized spacial score (nSPS) is 11.5. The van der Waals surface area contributed by atoms with Crippen molar-refractivity contribution in [3.8, 4) is 56.6 Å². The standard InChI is InChI=1S/C60H34N2/c61-35-39-31-53-54(32-40(39)36-62)58-34-56(50-30-28-42(38-17-5-2-6-18-38)44-20-8-10-22-46(44)50)48-24-12-14-26-52(48)60(58)59-51-25-13-11-23-47(51)55(33-57(53)59)49-29-27-41(37-15-3-1-4-16-37)43-19-7-9-21-45(43)49/h1-34H. The van der Waals surface area contributed by atoms with Gasteiger partial charge in [-0.2, -0.15) is 10.5 Å². The molecule has 12 aromatic rings. The van der Waals surface area contributed by atoms with Crippen molar-refractivity contribution < 1.29 is 0 Å². The van der Waals surface area contributed by atoms with Crippen LogP contribution in [0, 0.1) is 22.7 Å². The van der Waals surface area contributed by atoms with Crippen molar-refractivity contribution in [1.82, 2.24) is 0 Å². The molecule has 2 nitrogen and oxygen atoms in total. The smallest absolute Gasteiger partial charge is 0.101 e. The number of nitriles is 2. The summed E-state index contributed by atoms with van der Waals surface area (Å²) in [5, 5.41) is 36.5. The summed E-state index contributed by atoms with van der Waals surface area (Å²) in [5.41, 5.74) is 10.0. The summed E-state index contributed by atoms with van der Waals surface area (Å²) in [6, 6.07) is 78.4. The molecule has 12 rings (SSSR count). The number of hydrogen-bond acceptors (Lipinski definition) is 2. The summed E-state index contributed by atoms with van der Waals surface area (Å²) in [6.45, 7) is 0. The van der Waals surface area contributed by atoms with Crippen LogP contribution in [-0.4, -0.2) is 0 Å². The van der Waals surface area contributed by atoms with Gasteiger partial charge in [0, 0.05) is 0 Å². The van der Waals surface area contributed by atoms with Crippen molar-refractivity contribution >= 4 is 75.4 Å². The lowest BCUT2D eigenvalue weighted by Crippen LogP contribution is -1.94. The average molecular weight is 783 g/mol. The van der Waals surface area contributed by atoms with E-state index in [-0.39, 0.29) is 0 Å². The van der Waals surface area contributed by atoms with Gasteiger partial charge in [0.05, 0.1) is 11.1 Å². The van der Waals surface area contributed by atoms with E-state index in [1.807, 2.05) is 12.1 Å². The summed E-state index contributed by atoms with van der Waals surface area (Å²) in [7, 11) is 0. The van der Waals surface area contributed by atoms with E-state index in [1.165, 1.54) is 43.8 Å². The maximum absolute atomic E-state index is 10.5. The number of benzene rings is 12. The molecule has 0 fully saturated rings. The van der Waals surface area contributed by atoms with Gasteiger partial charge >= 0.3 is 0 Å². The summed E-state index contributed by atoms with van der Waals surface area (Å²) in [5.74, 6) is 0. The number of hydrogen-bond donors (Lipinski definition) is 0. The fraction of sp³-hybridized carbons (Fsp3) is 0. The lowest BCUT2D eigenvalue weighted by molar-refractivity contribution is 1.45. The molecular formula is C60H34N2. The van der Waals surface area contributed by atoms with Gasteiger partial charge in [0.2, 0.25) is 0 Å². The molecule has 284 valence electrons. The third-order valence-electron chi connectivity index (χ3n) is 12.9. The molecule has 0 amide bonds. The third-order valence-corrected chi connectivity index (χ3v) is 12.9. The first-order valence-electron chi connectivity index (χ1n) is 21.0. The summed E-state index contributed by atoms with van der Waals surface area (Å²) in [4.78, 5) is 0. The molecule has 0 saturated carbocycles. The first-order chi connectivity index (χ1) is 30.7. The van der Waals surface area contributed by atoms with Crippen LogP contribution in [0.3, 0.4) is 0 Å². The van der Waals surface area contributed by atoms with Gasteiger partial charge in [0.15, 0.2) is 0 Å². The van der Waals surface area contributed by atoms with Crippen molar-refractivity contribution in [2.45, 2.75) is 0 Å². The quantitative estimate of drug-likeness (QED) is 0.167. The molecule has 0 atom stereocenters. The first kappa shape index (κ1) is 35.4. The average Bonchev–Trinajstić information content (AvgIpc) is 3.35. The van der Waals surface area contributed by atoms with E-state index < -0.39 is 0 Å². The van der Waals surface area contributed by atoms with Gasteiger partial charge in [-0.3, -0.25) is 0 Å². The van der Waals surface area contributed by atoms with Crippen LogP contribution in [0.1, 0.15) is 11.1 Å². The zero-order valence-electron chi connectivity index (χ0n) is 33.5. The van der Waals surface area contributed by atoms with E-state index in [2.05, 4.69) is 206 Å². The largest absolute Gasteiger partial charge is 0.192 e. The highest BCUT2D eigenvalue weighted by Crippen LogP contribution is 2.49. The first-order valence-corrected chi connectivity index (χ1v) is 21.0. The molecule has 0 bridgehead atoms. The van der Waals surface area contributed by atoms with Gasteiger partial charge < -0.3 is 0 Å². The maximum Gasteiger partial charge on any atom is 0.101 e. The van der Waals surface area contributed by atoms with Gasteiger partial charge in [-0.05, 0) is 144 Å². The Morgan fingerprint density at radius 1 is 0.226 bits per heavy atom. The van der Waals surface area contributed by atoms with Gasteiger partial charge in [0.25, 0.3) is 0 Å². The molecule has 0 aliphatic rings. The number of rotatable bonds is 4. The molecule has 0 aromatic heterocycles. The van der Waals surface area contributed by atoms with E-state index >= 15 is 0 Å². The fourth-order valence-corrected chi connectivity index (χ4v) is 10.2. The topological polar surface area (TPSA) is 47.6 Å². The predicted octanol–water partition coefficient (Wildman–Crippen LogP) is 16.2. The Labute approximate surface area is 358 Å². The molecule has 62 heavy (non-hydrogen) atoms. The van der Waals surface area contributed by atoms with Crippen molar-refractivity contribution in [3.05, 3.63) is 217 Å². The maximum atomic E-state index is 10.5. The second kappa shape index (κ2) is 14.0. The van der Waals surface area contributed by atoms with Crippen LogP contribution in [0.15, 0.2) is 206 Å². The Morgan fingerprint density at radius 3 is 0.871 bits per heavy atom. The van der Waals surface area contributed by atoms with Crippen LogP contribution < -0.4 is 0 Å². The molecule has 0 heterocycles. The molecule has 0 spiro atoms. The van der Waals surface area contributed by atoms with Crippen LogP contribution in [0.4, 0.5) is 0 Å². The SMILES string of the molecule is N#Cc1cc2c(cc1C#N)c1cc(-c3ccc(-c4ccccc4)c4ccccc34)c3ccccc3c1c1c3ccccc3c(-c3ccc(-c4ccccc4)c4ccccc34)cc21. The molecule has 2 heteroatoms. The van der Waals surface area contributed by atoms with E-state index in [0.717, 1.165) is 76.1 Å². The molecule has 0 aliphatic heterocycles. The van der Waals surface area contributed by atoms with Crippen LogP contribution in [0.2, 0.25) is 0 Å². The molecule has 0 N–H and O–H groups in total. The van der Waals surface area contributed by atoms with E-state index in [0.29, 0.717) is 11.1 Å². The fourth-order valence-electron chi connectivity index (χ4n) is 10.2. The minimum absolute atomic E-state index is 0.372. The Bertz CT molecular complexity index is 3670. The minimum Gasteiger partial charge on any atom is -0.192 e. The van der Waals surface area contributed by atoms with E-state index in [1.54, 1.807) is 0 Å². The van der Waals surface area contributed by atoms with Crippen LogP contribution in [-0.2, 0) is 0 Å². The molecule has 0 saturated heterocycles. The van der Waals surface area contributed by atoms with Crippen molar-refractivity contribution in [3.63, 3.8) is 0 Å². The monoisotopic (exact) mass is 782 g/mol. The van der Waals surface area contributed by atoms with Gasteiger partial charge in [0.1, 0.15) is 12.1 Å². The Kier molecular flexibility index (Phi) is 8.01. The van der Waals surface area contributed by atoms with E-state index in [9.17, 15) is 10.5 Å². The van der Waals surface area contributed by atoms with E-state index in [4.69, 9.17) is 0 Å². The third kappa shape index (κ3) is 5.28. The molecule has 0 radical (unpaired) electrons. The highest BCUT2D eigenvalue weighted by Gasteiger charge is 2.22. The predicted molar refractivity (Wildman–Crippen MR) is 260 cm³/mol. The van der Waals surface area contributed by atoms with Crippen LogP contribution in [0.5, 0.6) is 0 Å². The lowest BCUT2D eigenvalue weighted by Gasteiger charge is -2.21. The highest BCUT2D eigenvalue weighted by atomic mass is 14.3. The van der Waals surface area contributed by atoms with Crippen molar-refractivity contribution in [2.75, 3.05) is 0 Å². The number of fused-ring (bicyclic) bond motifs is 12. The minimum atomic E-state index is 0.372. The zero-order valence-corrected chi connectivity index (χ0v) is 33.5. The van der Waals surface area contributed by atoms with Crippen molar-refractivity contribution in [2.24, 2.45) is 0 Å².